The molecule has 0 aromatic rings. The molecule has 5 aliphatic rings. The van der Waals surface area contributed by atoms with Gasteiger partial charge in [0.2, 0.25) is 0 Å². The Morgan fingerprint density at radius 3 is 2.25 bits per heavy atom. The maximum atomic E-state index is 11.3. The van der Waals surface area contributed by atoms with Crippen LogP contribution in [0.4, 0.5) is 0 Å². The van der Waals surface area contributed by atoms with E-state index in [0.717, 1.165) is 12.8 Å². The highest BCUT2D eigenvalue weighted by atomic mass is 16.5. The van der Waals surface area contributed by atoms with Crippen LogP contribution < -0.4 is 0 Å². The summed E-state index contributed by atoms with van der Waals surface area (Å²) in [6.45, 7) is 21.2. The topological polar surface area (TPSA) is 52.6 Å². The fourth-order valence-corrected chi connectivity index (χ4v) is 12.0. The van der Waals surface area contributed by atoms with E-state index in [1.807, 2.05) is 0 Å². The van der Waals surface area contributed by atoms with Crippen molar-refractivity contribution in [1.29, 1.82) is 0 Å². The molecule has 0 heterocycles. The summed E-state index contributed by atoms with van der Waals surface area (Å²) in [7, 11) is 0. The fourth-order valence-electron chi connectivity index (χ4n) is 12.0. The highest BCUT2D eigenvalue weighted by molar-refractivity contribution is 5.38. The van der Waals surface area contributed by atoms with Crippen molar-refractivity contribution in [3.63, 3.8) is 0 Å². The van der Waals surface area contributed by atoms with Crippen molar-refractivity contribution in [3.05, 3.63) is 12.2 Å². The highest BCUT2D eigenvalue weighted by Gasteiger charge is 2.71. The molecule has 0 spiro atoms. The molecule has 0 saturated heterocycles. The normalized spacial score (nSPS) is 51.1. The van der Waals surface area contributed by atoms with Crippen molar-refractivity contribution in [1.82, 2.24) is 0 Å². The summed E-state index contributed by atoms with van der Waals surface area (Å²) in [5.41, 5.74) is 2.34. The van der Waals surface area contributed by atoms with Crippen LogP contribution in [0.25, 0.3) is 0 Å². The van der Waals surface area contributed by atoms with Gasteiger partial charge in [0.25, 0.3) is 12.9 Å². The van der Waals surface area contributed by atoms with Crippen molar-refractivity contribution in [3.8, 4) is 0 Å². The third-order valence-corrected chi connectivity index (χ3v) is 13.8. The summed E-state index contributed by atoms with van der Waals surface area (Å²) in [5, 5.41) is 0. The first kappa shape index (κ1) is 26.3. The van der Waals surface area contributed by atoms with Crippen molar-refractivity contribution < 1.29 is 19.1 Å². The van der Waals surface area contributed by atoms with Crippen LogP contribution in [0.3, 0.4) is 0 Å². The van der Waals surface area contributed by atoms with Gasteiger partial charge in [0.05, 0.1) is 6.61 Å². The van der Waals surface area contributed by atoms with Gasteiger partial charge in [-0.3, -0.25) is 9.59 Å². The lowest BCUT2D eigenvalue weighted by atomic mass is 9.32. The summed E-state index contributed by atoms with van der Waals surface area (Å²) in [6, 6.07) is 0. The average molecular weight is 499 g/mol. The van der Waals surface area contributed by atoms with E-state index in [4.69, 9.17) is 9.47 Å². The van der Waals surface area contributed by atoms with Crippen LogP contribution in [0.15, 0.2) is 12.2 Å². The Labute approximate surface area is 219 Å². The second-order valence-electron chi connectivity index (χ2n) is 15.0. The van der Waals surface area contributed by atoms with Crippen molar-refractivity contribution >= 4 is 12.9 Å². The van der Waals surface area contributed by atoms with Gasteiger partial charge in [-0.15, -0.1) is 0 Å². The molecule has 5 rings (SSSR count). The van der Waals surface area contributed by atoms with E-state index in [1.54, 1.807) is 0 Å². The van der Waals surface area contributed by atoms with Gasteiger partial charge in [0.15, 0.2) is 0 Å². The van der Waals surface area contributed by atoms with Crippen molar-refractivity contribution in [2.75, 3.05) is 6.61 Å². The van der Waals surface area contributed by atoms with Gasteiger partial charge < -0.3 is 9.47 Å². The molecule has 4 nitrogen and oxygen atoms in total. The third-order valence-electron chi connectivity index (χ3n) is 13.8. The predicted molar refractivity (Wildman–Crippen MR) is 142 cm³/mol. The zero-order chi connectivity index (χ0) is 26.1. The van der Waals surface area contributed by atoms with Gasteiger partial charge in [0, 0.05) is 10.8 Å². The summed E-state index contributed by atoms with van der Waals surface area (Å²) >= 11 is 0. The van der Waals surface area contributed by atoms with E-state index in [-0.39, 0.29) is 27.8 Å². The van der Waals surface area contributed by atoms with E-state index >= 15 is 0 Å². The van der Waals surface area contributed by atoms with Crippen LogP contribution in [0.2, 0.25) is 0 Å². The molecule has 0 amide bonds. The molecule has 0 aromatic heterocycles. The van der Waals surface area contributed by atoms with Gasteiger partial charge in [-0.1, -0.05) is 46.8 Å². The average Bonchev–Trinajstić information content (AvgIpc) is 3.20. The zero-order valence-corrected chi connectivity index (χ0v) is 23.7. The molecule has 5 fully saturated rings. The molecular weight excluding hydrogens is 448 g/mol. The monoisotopic (exact) mass is 498 g/mol. The Kier molecular flexibility index (Phi) is 6.28. The second kappa shape index (κ2) is 8.60. The third kappa shape index (κ3) is 3.30. The van der Waals surface area contributed by atoms with Crippen LogP contribution >= 0.6 is 0 Å². The molecule has 0 N–H and O–H groups in total. The van der Waals surface area contributed by atoms with E-state index in [0.29, 0.717) is 54.6 Å². The lowest BCUT2D eigenvalue weighted by Crippen LogP contribution is -2.67. The Bertz CT molecular complexity index is 910. The van der Waals surface area contributed by atoms with Crippen LogP contribution in [0.5, 0.6) is 0 Å². The Morgan fingerprint density at radius 2 is 1.58 bits per heavy atom. The highest BCUT2D eigenvalue weighted by Crippen LogP contribution is 2.77. The number of carbonyl (C=O) groups excluding carboxylic acids is 2. The minimum Gasteiger partial charge on any atom is -0.467 e. The van der Waals surface area contributed by atoms with Crippen LogP contribution in [0, 0.1) is 56.7 Å². The molecule has 5 aliphatic carbocycles. The second-order valence-corrected chi connectivity index (χ2v) is 15.0. The number of hydrogen-bond donors (Lipinski definition) is 0. The van der Waals surface area contributed by atoms with Crippen LogP contribution in [-0.4, -0.2) is 25.7 Å². The summed E-state index contributed by atoms with van der Waals surface area (Å²) in [4.78, 5) is 22.5. The molecule has 202 valence electrons. The molecular formula is C32H50O4. The van der Waals surface area contributed by atoms with Gasteiger partial charge in [-0.2, -0.15) is 0 Å². The van der Waals surface area contributed by atoms with Gasteiger partial charge >= 0.3 is 0 Å². The van der Waals surface area contributed by atoms with Gasteiger partial charge in [-0.05, 0) is 117 Å². The fraction of sp³-hybridized carbons (Fsp3) is 0.875. The van der Waals surface area contributed by atoms with Gasteiger partial charge in [-0.25, -0.2) is 0 Å². The summed E-state index contributed by atoms with van der Waals surface area (Å²) in [5.74, 6) is 3.07. The zero-order valence-electron chi connectivity index (χ0n) is 23.7. The number of carbonyl (C=O) groups is 2. The first-order valence-corrected chi connectivity index (χ1v) is 14.7. The molecule has 0 aliphatic heterocycles. The SMILES string of the molecule is C=C(C)C1CCC2(COC=O)CC[C@]3(C)C(CCC4[C@@]5(C)CCC(OC=O)C(C)(C)C5CC[C@]43C)C12. The minimum atomic E-state index is 0.0113. The van der Waals surface area contributed by atoms with Crippen LogP contribution in [0.1, 0.15) is 106 Å². The number of ether oxygens (including phenoxy) is 2. The lowest BCUT2D eigenvalue weighted by molar-refractivity contribution is -0.250. The Balaban J connectivity index is 1.51. The smallest absolute Gasteiger partial charge is 0.293 e. The standard InChI is InChI=1S/C32H50O4/c1-21(2)22-10-15-32(18-35-19-33)17-16-30(6)23(27(22)32)8-9-25-29(5)13-12-26(36-20-34)28(3,4)24(29)11-14-31(25,30)7/h19-20,22-27H,1,8-18H2,2-7H3/t22?,23?,24?,25?,26?,27?,29-,30+,31+,32?/m0/s1. The maximum Gasteiger partial charge on any atom is 0.293 e. The maximum absolute atomic E-state index is 11.3. The number of allylic oxidation sites excluding steroid dienone is 1. The number of hydrogen-bond acceptors (Lipinski definition) is 4. The predicted octanol–water partition coefficient (Wildman–Crippen LogP) is 7.36. The van der Waals surface area contributed by atoms with E-state index in [2.05, 4.69) is 48.1 Å². The molecule has 36 heavy (non-hydrogen) atoms. The molecule has 0 bridgehead atoms. The largest absolute Gasteiger partial charge is 0.467 e. The Morgan fingerprint density at radius 1 is 0.833 bits per heavy atom. The van der Waals surface area contributed by atoms with Crippen molar-refractivity contribution in [2.45, 2.75) is 112 Å². The lowest BCUT2D eigenvalue weighted by Gasteiger charge is -2.73. The molecule has 5 saturated carbocycles. The number of fused-ring (bicyclic) bond motifs is 7. The molecule has 4 heteroatoms. The van der Waals surface area contributed by atoms with E-state index < -0.39 is 0 Å². The van der Waals surface area contributed by atoms with Crippen molar-refractivity contribution in [2.24, 2.45) is 56.7 Å². The minimum absolute atomic E-state index is 0.0113. The van der Waals surface area contributed by atoms with E-state index in [1.165, 1.54) is 56.9 Å². The molecule has 0 radical (unpaired) electrons. The molecule has 7 unspecified atom stereocenters. The van der Waals surface area contributed by atoms with E-state index in [9.17, 15) is 9.59 Å². The Hall–Kier alpha value is -1.32. The first-order chi connectivity index (χ1) is 16.9. The summed E-state index contributed by atoms with van der Waals surface area (Å²) in [6.07, 6.45) is 12.0. The molecule has 10 atom stereocenters. The quantitative estimate of drug-likeness (QED) is 0.284. The molecule has 0 aromatic carbocycles. The van der Waals surface area contributed by atoms with Gasteiger partial charge in [0.1, 0.15) is 6.10 Å². The van der Waals surface area contributed by atoms with Crippen LogP contribution in [-0.2, 0) is 19.1 Å². The first-order valence-electron chi connectivity index (χ1n) is 14.7. The number of rotatable bonds is 6. The summed E-state index contributed by atoms with van der Waals surface area (Å²) < 4.78 is 11.2.